The molecule has 0 saturated heterocycles. The summed E-state index contributed by atoms with van der Waals surface area (Å²) >= 11 is 0. The predicted molar refractivity (Wildman–Crippen MR) is 60.4 cm³/mol. The molecule has 1 aromatic heterocycles. The van der Waals surface area contributed by atoms with E-state index in [4.69, 9.17) is 0 Å². The van der Waals surface area contributed by atoms with Crippen LogP contribution in [0.5, 0.6) is 0 Å². The van der Waals surface area contributed by atoms with E-state index < -0.39 is 0 Å². The molecule has 14 heavy (non-hydrogen) atoms. The lowest BCUT2D eigenvalue weighted by Crippen LogP contribution is -1.87. The molecule has 0 fully saturated rings. The summed E-state index contributed by atoms with van der Waals surface area (Å²) < 4.78 is 0. The molecular formula is C13H15N. The number of pyridine rings is 1. The molecule has 1 heterocycles. The van der Waals surface area contributed by atoms with Gasteiger partial charge in [-0.05, 0) is 30.5 Å². The van der Waals surface area contributed by atoms with Crippen molar-refractivity contribution in [3.8, 4) is 0 Å². The minimum Gasteiger partial charge on any atom is -0.256 e. The van der Waals surface area contributed by atoms with Gasteiger partial charge in [-0.1, -0.05) is 31.5 Å². The Labute approximate surface area is 84.8 Å². The molecule has 1 nitrogen and oxygen atoms in total. The molecule has 72 valence electrons. The van der Waals surface area contributed by atoms with Crippen molar-refractivity contribution < 1.29 is 0 Å². The highest BCUT2D eigenvalue weighted by Crippen LogP contribution is 2.17. The van der Waals surface area contributed by atoms with Crippen LogP contribution in [0.2, 0.25) is 0 Å². The van der Waals surface area contributed by atoms with E-state index in [-0.39, 0.29) is 0 Å². The van der Waals surface area contributed by atoms with Crippen LogP contribution < -0.4 is 0 Å². The van der Waals surface area contributed by atoms with Gasteiger partial charge in [0.2, 0.25) is 0 Å². The summed E-state index contributed by atoms with van der Waals surface area (Å²) in [7, 11) is 0. The maximum atomic E-state index is 4.35. The lowest BCUT2D eigenvalue weighted by atomic mass is 10.0. The van der Waals surface area contributed by atoms with Crippen LogP contribution in [0.15, 0.2) is 36.5 Å². The smallest absolute Gasteiger partial charge is 0.0704 e. The van der Waals surface area contributed by atoms with Gasteiger partial charge >= 0.3 is 0 Å². The van der Waals surface area contributed by atoms with Crippen LogP contribution in [0, 0.1) is 0 Å². The number of hydrogen-bond donors (Lipinski definition) is 0. The molecule has 2 aromatic rings. The number of nitrogens with zero attached hydrogens (tertiary/aromatic N) is 1. The van der Waals surface area contributed by atoms with Gasteiger partial charge in [-0.2, -0.15) is 0 Å². The van der Waals surface area contributed by atoms with Crippen molar-refractivity contribution in [1.82, 2.24) is 4.98 Å². The maximum Gasteiger partial charge on any atom is 0.0704 e. The first-order valence-electron chi connectivity index (χ1n) is 5.24. The molecular weight excluding hydrogens is 170 g/mol. The number of benzene rings is 1. The molecule has 0 atom stereocenters. The van der Waals surface area contributed by atoms with Gasteiger partial charge in [0.15, 0.2) is 0 Å². The third-order valence-corrected chi connectivity index (χ3v) is 2.54. The van der Waals surface area contributed by atoms with Crippen molar-refractivity contribution >= 4 is 10.9 Å². The van der Waals surface area contributed by atoms with E-state index in [9.17, 15) is 0 Å². The van der Waals surface area contributed by atoms with E-state index in [1.807, 2.05) is 12.3 Å². The zero-order valence-corrected chi connectivity index (χ0v) is 8.53. The molecule has 1 heteroatoms. The molecule has 0 spiro atoms. The highest BCUT2D eigenvalue weighted by atomic mass is 14.6. The van der Waals surface area contributed by atoms with Crippen molar-refractivity contribution in [3.05, 3.63) is 42.1 Å². The summed E-state index contributed by atoms with van der Waals surface area (Å²) in [5.74, 6) is 0. The predicted octanol–water partition coefficient (Wildman–Crippen LogP) is 3.58. The fourth-order valence-corrected chi connectivity index (χ4v) is 1.75. The van der Waals surface area contributed by atoms with Gasteiger partial charge in [0.25, 0.3) is 0 Å². The number of aromatic nitrogens is 1. The molecule has 0 N–H and O–H groups in total. The van der Waals surface area contributed by atoms with Crippen LogP contribution in [-0.4, -0.2) is 4.98 Å². The summed E-state index contributed by atoms with van der Waals surface area (Å²) in [6.45, 7) is 2.23. The Morgan fingerprint density at radius 3 is 2.93 bits per heavy atom. The molecule has 0 aliphatic rings. The van der Waals surface area contributed by atoms with Gasteiger partial charge in [-0.15, -0.1) is 0 Å². The van der Waals surface area contributed by atoms with Crippen LogP contribution in [0.25, 0.3) is 10.9 Å². The monoisotopic (exact) mass is 185 g/mol. The van der Waals surface area contributed by atoms with Crippen molar-refractivity contribution in [3.63, 3.8) is 0 Å². The minimum atomic E-state index is 1.11. The third-order valence-electron chi connectivity index (χ3n) is 2.54. The Balaban J connectivity index is 2.43. The fourth-order valence-electron chi connectivity index (χ4n) is 1.75. The van der Waals surface area contributed by atoms with Crippen molar-refractivity contribution in [2.45, 2.75) is 26.2 Å². The van der Waals surface area contributed by atoms with E-state index in [0.717, 1.165) is 5.52 Å². The first-order valence-corrected chi connectivity index (χ1v) is 5.24. The second kappa shape index (κ2) is 4.23. The van der Waals surface area contributed by atoms with Gasteiger partial charge in [0, 0.05) is 11.6 Å². The molecule has 0 radical (unpaired) electrons. The third kappa shape index (κ3) is 1.77. The first kappa shape index (κ1) is 9.20. The van der Waals surface area contributed by atoms with E-state index in [2.05, 4.69) is 36.2 Å². The maximum absolute atomic E-state index is 4.35. The highest BCUT2D eigenvalue weighted by molar-refractivity contribution is 5.81. The topological polar surface area (TPSA) is 12.9 Å². The van der Waals surface area contributed by atoms with Gasteiger partial charge < -0.3 is 0 Å². The Kier molecular flexibility index (Phi) is 2.78. The molecule has 1 aromatic carbocycles. The molecule has 0 bridgehead atoms. The lowest BCUT2D eigenvalue weighted by Gasteiger charge is -2.04. The first-order chi connectivity index (χ1) is 6.92. The molecule has 0 unspecified atom stereocenters. The van der Waals surface area contributed by atoms with Gasteiger partial charge in [-0.25, -0.2) is 0 Å². The van der Waals surface area contributed by atoms with Crippen LogP contribution in [0.4, 0.5) is 0 Å². The highest BCUT2D eigenvalue weighted by Gasteiger charge is 1.99. The fraction of sp³-hybridized carbons (Fsp3) is 0.308. The summed E-state index contributed by atoms with van der Waals surface area (Å²) in [4.78, 5) is 4.35. The van der Waals surface area contributed by atoms with Crippen LogP contribution in [0.3, 0.4) is 0 Å². The van der Waals surface area contributed by atoms with Crippen molar-refractivity contribution in [2.75, 3.05) is 0 Å². The van der Waals surface area contributed by atoms with Crippen LogP contribution in [-0.2, 0) is 6.42 Å². The van der Waals surface area contributed by atoms with Gasteiger partial charge in [-0.3, -0.25) is 4.98 Å². The molecule has 0 aliphatic carbocycles. The number of hydrogen-bond acceptors (Lipinski definition) is 1. The number of rotatable bonds is 3. The summed E-state index contributed by atoms with van der Waals surface area (Å²) in [6.07, 6.45) is 5.52. The summed E-state index contributed by atoms with van der Waals surface area (Å²) in [5.41, 5.74) is 2.54. The van der Waals surface area contributed by atoms with E-state index in [1.165, 1.54) is 30.2 Å². The Morgan fingerprint density at radius 1 is 1.14 bits per heavy atom. The molecule has 2 rings (SSSR count). The minimum absolute atomic E-state index is 1.11. The van der Waals surface area contributed by atoms with Crippen LogP contribution >= 0.6 is 0 Å². The molecule has 0 aliphatic heterocycles. The Morgan fingerprint density at radius 2 is 2.07 bits per heavy atom. The molecule has 0 saturated carbocycles. The normalized spacial score (nSPS) is 10.6. The van der Waals surface area contributed by atoms with Gasteiger partial charge in [0.1, 0.15) is 0 Å². The second-order valence-corrected chi connectivity index (χ2v) is 3.59. The summed E-state index contributed by atoms with van der Waals surface area (Å²) in [5, 5.41) is 1.31. The van der Waals surface area contributed by atoms with Gasteiger partial charge in [0.05, 0.1) is 5.52 Å². The number of unbranched alkanes of at least 4 members (excludes halogenated alkanes) is 1. The van der Waals surface area contributed by atoms with E-state index in [1.54, 1.807) is 0 Å². The quantitative estimate of drug-likeness (QED) is 0.712. The summed E-state index contributed by atoms with van der Waals surface area (Å²) in [6, 6.07) is 10.6. The van der Waals surface area contributed by atoms with E-state index in [0.29, 0.717) is 0 Å². The zero-order valence-electron chi connectivity index (χ0n) is 8.53. The van der Waals surface area contributed by atoms with E-state index >= 15 is 0 Å². The van der Waals surface area contributed by atoms with Crippen molar-refractivity contribution in [2.24, 2.45) is 0 Å². The van der Waals surface area contributed by atoms with Crippen molar-refractivity contribution in [1.29, 1.82) is 0 Å². The molecule has 0 amide bonds. The average molecular weight is 185 g/mol. The Bertz CT molecular complexity index is 415. The zero-order chi connectivity index (χ0) is 9.80. The number of aryl methyl sites for hydroxylation is 1. The van der Waals surface area contributed by atoms with Crippen LogP contribution in [0.1, 0.15) is 25.3 Å². The number of fused-ring (bicyclic) bond motifs is 1. The standard InChI is InChI=1S/C13H15N/c1-2-3-6-11-7-4-9-13-12(11)8-5-10-14-13/h4-5,7-10H,2-3,6H2,1H3. The largest absolute Gasteiger partial charge is 0.256 e. The Hall–Kier alpha value is -1.37. The second-order valence-electron chi connectivity index (χ2n) is 3.59. The average Bonchev–Trinajstić information content (AvgIpc) is 2.26. The SMILES string of the molecule is CCCCc1cccc2ncccc12. The lowest BCUT2D eigenvalue weighted by molar-refractivity contribution is 0.799.